The molecule has 3 aromatic rings. The number of hydrogen-bond acceptors (Lipinski definition) is 7. The van der Waals surface area contributed by atoms with E-state index in [9.17, 15) is 4.79 Å². The van der Waals surface area contributed by atoms with E-state index in [0.29, 0.717) is 16.8 Å². The lowest BCUT2D eigenvalue weighted by Crippen LogP contribution is -2.24. The Morgan fingerprint density at radius 3 is 2.56 bits per heavy atom. The molecule has 1 amide bonds. The minimum atomic E-state index is -0.424. The molecule has 3 rings (SSSR count). The van der Waals surface area contributed by atoms with Crippen LogP contribution in [0.3, 0.4) is 0 Å². The molecule has 0 saturated heterocycles. The van der Waals surface area contributed by atoms with Crippen molar-refractivity contribution < 1.29 is 9.53 Å². The lowest BCUT2D eigenvalue weighted by Gasteiger charge is -2.12. The topological polar surface area (TPSA) is 113 Å². The highest BCUT2D eigenvalue weighted by Crippen LogP contribution is 2.24. The van der Waals surface area contributed by atoms with Crippen molar-refractivity contribution in [1.82, 2.24) is 24.7 Å². The summed E-state index contributed by atoms with van der Waals surface area (Å²) in [5, 5.41) is 15.4. The van der Waals surface area contributed by atoms with Crippen molar-refractivity contribution in [2.45, 2.75) is 31.2 Å². The first-order chi connectivity index (χ1) is 12.9. The maximum Gasteiger partial charge on any atom is 0.271 e. The van der Waals surface area contributed by atoms with Crippen LogP contribution in [0.25, 0.3) is 5.95 Å². The van der Waals surface area contributed by atoms with E-state index in [1.165, 1.54) is 16.4 Å². The molecule has 3 N–H and O–H groups in total. The largest absolute Gasteiger partial charge is 0.497 e. The van der Waals surface area contributed by atoms with Crippen molar-refractivity contribution in [3.05, 3.63) is 41.7 Å². The zero-order valence-electron chi connectivity index (χ0n) is 15.5. The van der Waals surface area contributed by atoms with Gasteiger partial charge in [-0.3, -0.25) is 4.79 Å². The maximum absolute atomic E-state index is 12.4. The molecule has 0 radical (unpaired) electrons. The summed E-state index contributed by atoms with van der Waals surface area (Å²) in [6, 6.07) is 9.04. The molecule has 0 aliphatic rings. The second-order valence-electron chi connectivity index (χ2n) is 5.97. The molecule has 0 aliphatic carbocycles. The molecule has 2 aromatic heterocycles. The number of methoxy groups -OCH3 is 1. The number of aromatic nitrogens is 5. The van der Waals surface area contributed by atoms with Crippen LogP contribution in [-0.4, -0.2) is 42.9 Å². The predicted molar refractivity (Wildman–Crippen MR) is 104 cm³/mol. The normalized spacial score (nSPS) is 12.0. The van der Waals surface area contributed by atoms with Crippen LogP contribution in [0.4, 0.5) is 5.69 Å². The average Bonchev–Trinajstić information content (AvgIpc) is 3.17. The van der Waals surface area contributed by atoms with Crippen LogP contribution >= 0.6 is 11.8 Å². The quantitative estimate of drug-likeness (QED) is 0.491. The number of nitrogens with zero attached hydrogens (tertiary/aromatic N) is 5. The number of benzene rings is 1. The third-order valence-corrected chi connectivity index (χ3v) is 4.91. The Hall–Kier alpha value is -3.01. The Morgan fingerprint density at radius 2 is 1.96 bits per heavy atom. The van der Waals surface area contributed by atoms with E-state index in [2.05, 4.69) is 20.6 Å². The van der Waals surface area contributed by atoms with Gasteiger partial charge in [0.25, 0.3) is 5.95 Å². The van der Waals surface area contributed by atoms with Gasteiger partial charge in [0, 0.05) is 11.4 Å². The van der Waals surface area contributed by atoms with Crippen molar-refractivity contribution in [2.75, 3.05) is 18.3 Å². The Balaban J connectivity index is 1.69. The van der Waals surface area contributed by atoms with E-state index in [1.54, 1.807) is 43.0 Å². The zero-order chi connectivity index (χ0) is 19.6. The SMILES string of the molecule is COc1ccc(NC(=O)[C@H](C)Sc2nnc(-n3nc(C)cc3C)n2N)cc1. The summed E-state index contributed by atoms with van der Waals surface area (Å²) < 4.78 is 8.06. The van der Waals surface area contributed by atoms with Gasteiger partial charge >= 0.3 is 0 Å². The monoisotopic (exact) mass is 387 g/mol. The number of ether oxygens (including phenoxy) is 1. The van der Waals surface area contributed by atoms with Gasteiger partial charge in [-0.15, -0.1) is 10.2 Å². The number of nitrogens with two attached hydrogens (primary N) is 1. The second-order valence-corrected chi connectivity index (χ2v) is 7.28. The fraction of sp³-hybridized carbons (Fsp3) is 0.294. The van der Waals surface area contributed by atoms with Gasteiger partial charge in [-0.2, -0.15) is 5.10 Å². The average molecular weight is 387 g/mol. The van der Waals surface area contributed by atoms with Gasteiger partial charge in [0.1, 0.15) is 5.75 Å². The maximum atomic E-state index is 12.4. The van der Waals surface area contributed by atoms with E-state index in [1.807, 2.05) is 19.9 Å². The number of aryl methyl sites for hydroxylation is 2. The molecule has 10 heteroatoms. The Labute approximate surface area is 160 Å². The van der Waals surface area contributed by atoms with Gasteiger partial charge in [0.2, 0.25) is 11.1 Å². The molecular weight excluding hydrogens is 366 g/mol. The van der Waals surface area contributed by atoms with E-state index >= 15 is 0 Å². The number of nitrogens with one attached hydrogen (secondary N) is 1. The molecule has 9 nitrogen and oxygen atoms in total. The zero-order valence-corrected chi connectivity index (χ0v) is 16.3. The van der Waals surface area contributed by atoms with Gasteiger partial charge in [0.15, 0.2) is 0 Å². The van der Waals surface area contributed by atoms with E-state index in [4.69, 9.17) is 10.6 Å². The molecule has 0 aliphatic heterocycles. The number of carbonyl (C=O) groups is 1. The summed E-state index contributed by atoms with van der Waals surface area (Å²) in [6.07, 6.45) is 0. The van der Waals surface area contributed by atoms with Gasteiger partial charge < -0.3 is 15.9 Å². The standard InChI is InChI=1S/C17H21N7O2S/c1-10-9-11(2)24(22-10)16-20-21-17(23(16)18)27-12(3)15(25)19-13-5-7-14(26-4)8-6-13/h5-9,12H,18H2,1-4H3,(H,19,25)/t12-/m0/s1. The molecule has 27 heavy (non-hydrogen) atoms. The van der Waals surface area contributed by atoms with Crippen molar-refractivity contribution in [3.8, 4) is 11.7 Å². The van der Waals surface area contributed by atoms with Gasteiger partial charge in [-0.05, 0) is 51.1 Å². The molecule has 0 unspecified atom stereocenters. The minimum Gasteiger partial charge on any atom is -0.497 e. The summed E-state index contributed by atoms with van der Waals surface area (Å²) >= 11 is 1.22. The van der Waals surface area contributed by atoms with E-state index < -0.39 is 5.25 Å². The number of hydrogen-bond donors (Lipinski definition) is 2. The molecule has 0 saturated carbocycles. The van der Waals surface area contributed by atoms with Crippen LogP contribution < -0.4 is 15.9 Å². The lowest BCUT2D eigenvalue weighted by atomic mass is 10.3. The van der Waals surface area contributed by atoms with E-state index in [-0.39, 0.29) is 5.91 Å². The fourth-order valence-electron chi connectivity index (χ4n) is 2.46. The fourth-order valence-corrected chi connectivity index (χ4v) is 3.22. The summed E-state index contributed by atoms with van der Waals surface area (Å²) in [4.78, 5) is 12.4. The van der Waals surface area contributed by atoms with Crippen LogP contribution in [0.5, 0.6) is 5.75 Å². The third kappa shape index (κ3) is 4.05. The van der Waals surface area contributed by atoms with Crippen LogP contribution in [0.15, 0.2) is 35.5 Å². The van der Waals surface area contributed by atoms with Crippen molar-refractivity contribution in [1.29, 1.82) is 0 Å². The van der Waals surface area contributed by atoms with Crippen LogP contribution in [0, 0.1) is 13.8 Å². The smallest absolute Gasteiger partial charge is 0.271 e. The third-order valence-electron chi connectivity index (χ3n) is 3.85. The summed E-state index contributed by atoms with van der Waals surface area (Å²) in [7, 11) is 1.59. The highest BCUT2D eigenvalue weighted by atomic mass is 32.2. The molecule has 1 atom stereocenters. The van der Waals surface area contributed by atoms with Gasteiger partial charge in [-0.1, -0.05) is 11.8 Å². The first-order valence-corrected chi connectivity index (χ1v) is 9.12. The number of amides is 1. The molecule has 2 heterocycles. The first-order valence-electron chi connectivity index (χ1n) is 8.24. The number of thioether (sulfide) groups is 1. The molecular formula is C17H21N7O2S. The van der Waals surface area contributed by atoms with Crippen molar-refractivity contribution >= 4 is 23.4 Å². The number of anilines is 1. The summed E-state index contributed by atoms with van der Waals surface area (Å²) in [5.74, 6) is 7.06. The number of rotatable bonds is 6. The lowest BCUT2D eigenvalue weighted by molar-refractivity contribution is -0.115. The molecule has 0 spiro atoms. The minimum absolute atomic E-state index is 0.166. The Bertz CT molecular complexity index is 949. The predicted octanol–water partition coefficient (Wildman–Crippen LogP) is 1.92. The van der Waals surface area contributed by atoms with E-state index in [0.717, 1.165) is 17.1 Å². The van der Waals surface area contributed by atoms with Gasteiger partial charge in [-0.25, -0.2) is 9.36 Å². The molecule has 0 bridgehead atoms. The van der Waals surface area contributed by atoms with Crippen LogP contribution in [0.2, 0.25) is 0 Å². The molecule has 1 aromatic carbocycles. The Kier molecular flexibility index (Phi) is 5.36. The highest BCUT2D eigenvalue weighted by molar-refractivity contribution is 8.00. The number of nitrogen functional groups attached to an aromatic ring is 1. The van der Waals surface area contributed by atoms with Crippen LogP contribution in [0.1, 0.15) is 18.3 Å². The van der Waals surface area contributed by atoms with Crippen LogP contribution in [-0.2, 0) is 4.79 Å². The second kappa shape index (κ2) is 7.70. The Morgan fingerprint density at radius 1 is 1.26 bits per heavy atom. The highest BCUT2D eigenvalue weighted by Gasteiger charge is 2.21. The summed E-state index contributed by atoms with van der Waals surface area (Å²) in [5.41, 5.74) is 2.44. The summed E-state index contributed by atoms with van der Waals surface area (Å²) in [6.45, 7) is 5.58. The van der Waals surface area contributed by atoms with Gasteiger partial charge in [0.05, 0.1) is 18.1 Å². The number of carbonyl (C=O) groups excluding carboxylic acids is 1. The molecule has 142 valence electrons. The molecule has 0 fully saturated rings. The first kappa shape index (κ1) is 18.8. The van der Waals surface area contributed by atoms with Crippen molar-refractivity contribution in [2.24, 2.45) is 0 Å². The van der Waals surface area contributed by atoms with Crippen molar-refractivity contribution in [3.63, 3.8) is 0 Å².